The summed E-state index contributed by atoms with van der Waals surface area (Å²) in [6, 6.07) is 1.73. The quantitative estimate of drug-likeness (QED) is 0.885. The number of nitrogens with one attached hydrogen (secondary N) is 1. The molecule has 9 heteroatoms. The van der Waals surface area contributed by atoms with Gasteiger partial charge in [-0.15, -0.1) is 11.3 Å². The van der Waals surface area contributed by atoms with Gasteiger partial charge in [0.05, 0.1) is 5.69 Å². The molecule has 1 aromatic rings. The van der Waals surface area contributed by atoms with Crippen LogP contribution in [-0.2, 0) is 0 Å². The number of nitrogens with zero attached hydrogens (tertiary/aromatic N) is 2. The average Bonchev–Trinajstić information content (AvgIpc) is 2.63. The van der Waals surface area contributed by atoms with Crippen molar-refractivity contribution < 1.29 is 18.0 Å². The third-order valence-corrected chi connectivity index (χ3v) is 3.55. The minimum atomic E-state index is -4.41. The summed E-state index contributed by atoms with van der Waals surface area (Å²) < 4.78 is 37.0. The lowest BCUT2D eigenvalue weighted by molar-refractivity contribution is -0.119. The van der Waals surface area contributed by atoms with Crippen LogP contribution in [0.25, 0.3) is 0 Å². The lowest BCUT2D eigenvalue weighted by atomic mass is 10.2. The van der Waals surface area contributed by atoms with Crippen molar-refractivity contribution in [2.45, 2.75) is 6.18 Å². The van der Waals surface area contributed by atoms with Crippen LogP contribution in [0.2, 0.25) is 0 Å². The monoisotopic (exact) mass is 292 g/mol. The Labute approximate surface area is 111 Å². The van der Waals surface area contributed by atoms with Gasteiger partial charge in [-0.2, -0.15) is 18.4 Å². The van der Waals surface area contributed by atoms with Crippen molar-refractivity contribution in [3.63, 3.8) is 0 Å². The summed E-state index contributed by atoms with van der Waals surface area (Å²) in [5.41, 5.74) is 5.40. The molecule has 0 atom stereocenters. The molecular weight excluding hydrogens is 281 g/mol. The Bertz CT molecular complexity index is 532. The Hall–Kier alpha value is -1.95. The summed E-state index contributed by atoms with van der Waals surface area (Å²) in [5, 5.41) is 11.3. The molecule has 0 saturated carbocycles. The number of alkyl halides is 3. The van der Waals surface area contributed by atoms with Gasteiger partial charge in [0, 0.05) is 14.1 Å². The summed E-state index contributed by atoms with van der Waals surface area (Å²) in [6.07, 6.45) is -4.41. The zero-order chi connectivity index (χ0) is 14.8. The molecule has 0 bridgehead atoms. The number of amides is 1. The molecule has 1 aromatic heterocycles. The van der Waals surface area contributed by atoms with Crippen LogP contribution in [0.1, 0.15) is 15.2 Å². The number of nitrogen functional groups attached to an aromatic ring is 1. The van der Waals surface area contributed by atoms with Crippen molar-refractivity contribution in [1.29, 1.82) is 5.26 Å². The fourth-order valence-electron chi connectivity index (χ4n) is 1.43. The number of hydrogen-bond acceptors (Lipinski definition) is 5. The number of thiophene rings is 1. The van der Waals surface area contributed by atoms with Crippen LogP contribution in [-0.4, -0.2) is 32.7 Å². The number of carbonyl (C=O) groups excluding carboxylic acids is 1. The SMILES string of the molecule is CNC(=O)c1sc(N(C)CC(F)(F)F)c(C#N)c1N. The molecule has 1 rings (SSSR count). The molecule has 1 heterocycles. The Kier molecular flexibility index (Phi) is 4.26. The van der Waals surface area contributed by atoms with E-state index in [0.717, 1.165) is 16.2 Å². The topological polar surface area (TPSA) is 82.2 Å². The van der Waals surface area contributed by atoms with Crippen molar-refractivity contribution in [2.75, 3.05) is 31.3 Å². The van der Waals surface area contributed by atoms with E-state index in [-0.39, 0.29) is 21.1 Å². The van der Waals surface area contributed by atoms with Crippen LogP contribution in [0.15, 0.2) is 0 Å². The Balaban J connectivity index is 3.22. The van der Waals surface area contributed by atoms with Gasteiger partial charge in [0.25, 0.3) is 5.91 Å². The van der Waals surface area contributed by atoms with Crippen molar-refractivity contribution >= 4 is 27.9 Å². The maximum Gasteiger partial charge on any atom is 0.405 e. The first-order valence-corrected chi connectivity index (χ1v) is 5.85. The van der Waals surface area contributed by atoms with Crippen LogP contribution in [0.5, 0.6) is 0 Å². The molecule has 0 radical (unpaired) electrons. The minimum Gasteiger partial charge on any atom is -0.396 e. The van der Waals surface area contributed by atoms with Crippen LogP contribution in [0.4, 0.5) is 23.9 Å². The molecule has 5 nitrogen and oxygen atoms in total. The van der Waals surface area contributed by atoms with Gasteiger partial charge < -0.3 is 16.0 Å². The van der Waals surface area contributed by atoms with E-state index in [1.54, 1.807) is 6.07 Å². The number of nitrogens with two attached hydrogens (primary N) is 1. The molecule has 19 heavy (non-hydrogen) atoms. The second-order valence-electron chi connectivity index (χ2n) is 3.69. The zero-order valence-electron chi connectivity index (χ0n) is 10.1. The highest BCUT2D eigenvalue weighted by Crippen LogP contribution is 2.38. The van der Waals surface area contributed by atoms with Gasteiger partial charge in [0.2, 0.25) is 0 Å². The van der Waals surface area contributed by atoms with Gasteiger partial charge in [0.15, 0.2) is 0 Å². The molecule has 0 aliphatic rings. The number of halogens is 3. The highest BCUT2D eigenvalue weighted by molar-refractivity contribution is 7.19. The predicted octanol–water partition coefficient (Wildman–Crippen LogP) is 1.56. The molecular formula is C10H11F3N4OS. The Morgan fingerprint density at radius 1 is 1.58 bits per heavy atom. The van der Waals surface area contributed by atoms with Crippen LogP contribution in [0, 0.1) is 11.3 Å². The number of nitriles is 1. The van der Waals surface area contributed by atoms with Gasteiger partial charge in [-0.05, 0) is 0 Å². The first-order chi connectivity index (χ1) is 8.71. The van der Waals surface area contributed by atoms with E-state index >= 15 is 0 Å². The summed E-state index contributed by atoms with van der Waals surface area (Å²) in [4.78, 5) is 12.4. The molecule has 3 N–H and O–H groups in total. The maximum atomic E-state index is 12.3. The maximum absolute atomic E-state index is 12.3. The Morgan fingerprint density at radius 3 is 2.58 bits per heavy atom. The van der Waals surface area contributed by atoms with Crippen molar-refractivity contribution in [3.05, 3.63) is 10.4 Å². The summed E-state index contributed by atoms with van der Waals surface area (Å²) >= 11 is 0.759. The highest BCUT2D eigenvalue weighted by Gasteiger charge is 2.32. The third-order valence-electron chi connectivity index (χ3n) is 2.23. The van der Waals surface area contributed by atoms with Crippen LogP contribution >= 0.6 is 11.3 Å². The van der Waals surface area contributed by atoms with Gasteiger partial charge in [-0.1, -0.05) is 0 Å². The molecule has 0 spiro atoms. The summed E-state index contributed by atoms with van der Waals surface area (Å²) in [7, 11) is 2.56. The fourth-order valence-corrected chi connectivity index (χ4v) is 2.51. The molecule has 0 saturated heterocycles. The van der Waals surface area contributed by atoms with E-state index in [2.05, 4.69) is 5.32 Å². The van der Waals surface area contributed by atoms with Gasteiger partial charge >= 0.3 is 6.18 Å². The molecule has 0 unspecified atom stereocenters. The number of carbonyl (C=O) groups is 1. The van der Waals surface area contributed by atoms with Crippen LogP contribution < -0.4 is 16.0 Å². The number of rotatable bonds is 3. The van der Waals surface area contributed by atoms with E-state index < -0.39 is 18.6 Å². The molecule has 1 amide bonds. The molecule has 0 aliphatic carbocycles. The van der Waals surface area contributed by atoms with E-state index in [0.29, 0.717) is 0 Å². The van der Waals surface area contributed by atoms with Gasteiger partial charge in [0.1, 0.15) is 28.1 Å². The lowest BCUT2D eigenvalue weighted by Gasteiger charge is -2.19. The number of anilines is 2. The smallest absolute Gasteiger partial charge is 0.396 e. The van der Waals surface area contributed by atoms with Crippen molar-refractivity contribution in [2.24, 2.45) is 0 Å². The number of hydrogen-bond donors (Lipinski definition) is 2. The third kappa shape index (κ3) is 3.29. The molecule has 0 fully saturated rings. The summed E-state index contributed by atoms with van der Waals surface area (Å²) in [5.74, 6) is -0.536. The first kappa shape index (κ1) is 15.1. The normalized spacial score (nSPS) is 10.9. The fraction of sp³-hybridized carbons (Fsp3) is 0.400. The molecule has 0 aliphatic heterocycles. The van der Waals surface area contributed by atoms with Gasteiger partial charge in [-0.25, -0.2) is 0 Å². The average molecular weight is 292 g/mol. The predicted molar refractivity (Wildman–Crippen MR) is 66.2 cm³/mol. The summed E-state index contributed by atoms with van der Waals surface area (Å²) in [6.45, 7) is -1.23. The lowest BCUT2D eigenvalue weighted by Crippen LogP contribution is -2.30. The standard InChI is InChI=1S/C10H11F3N4OS/c1-16-8(18)7-6(15)5(3-14)9(19-7)17(2)4-10(11,12)13/h4,15H2,1-2H3,(H,16,18). The Morgan fingerprint density at radius 2 is 2.16 bits per heavy atom. The van der Waals surface area contributed by atoms with E-state index in [4.69, 9.17) is 11.0 Å². The van der Waals surface area contributed by atoms with Crippen LogP contribution in [0.3, 0.4) is 0 Å². The van der Waals surface area contributed by atoms with E-state index in [1.807, 2.05) is 0 Å². The zero-order valence-corrected chi connectivity index (χ0v) is 10.9. The van der Waals surface area contributed by atoms with Crippen molar-refractivity contribution in [3.8, 4) is 6.07 Å². The first-order valence-electron chi connectivity index (χ1n) is 5.03. The molecule has 104 valence electrons. The highest BCUT2D eigenvalue weighted by atomic mass is 32.1. The largest absolute Gasteiger partial charge is 0.405 e. The van der Waals surface area contributed by atoms with E-state index in [1.165, 1.54) is 14.1 Å². The molecule has 0 aromatic carbocycles. The van der Waals surface area contributed by atoms with Gasteiger partial charge in [-0.3, -0.25) is 4.79 Å². The van der Waals surface area contributed by atoms with E-state index in [9.17, 15) is 18.0 Å². The minimum absolute atomic E-state index is 0.0240. The van der Waals surface area contributed by atoms with Crippen molar-refractivity contribution in [1.82, 2.24) is 5.32 Å². The second kappa shape index (κ2) is 5.36. The second-order valence-corrected chi connectivity index (χ2v) is 4.69.